The summed E-state index contributed by atoms with van der Waals surface area (Å²) >= 11 is 0. The van der Waals surface area contributed by atoms with Gasteiger partial charge in [-0.15, -0.1) is 0 Å². The van der Waals surface area contributed by atoms with Crippen LogP contribution in [-0.2, 0) is 23.2 Å². The number of likely N-dealkylation sites (tertiary alicyclic amines) is 1. The molecule has 0 saturated carbocycles. The van der Waals surface area contributed by atoms with Gasteiger partial charge in [-0.3, -0.25) is 18.7 Å². The monoisotopic (exact) mass is 344 g/mol. The topological polar surface area (TPSA) is 76.3 Å². The third-order valence-electron chi connectivity index (χ3n) is 4.77. The van der Waals surface area contributed by atoms with Crippen LogP contribution in [0.2, 0.25) is 0 Å². The lowest BCUT2D eigenvalue weighted by molar-refractivity contribution is -0.136. The zero-order valence-electron chi connectivity index (χ0n) is 14.7. The SMILES string of the molecule is C[C@H](NC(=O)Cn1c(=O)n(C)c2ccccc21)C(=O)N1CCCCC1. The third-order valence-corrected chi connectivity index (χ3v) is 4.77. The highest BCUT2D eigenvalue weighted by Gasteiger charge is 2.24. The van der Waals surface area contributed by atoms with Crippen LogP contribution in [0.25, 0.3) is 11.0 Å². The van der Waals surface area contributed by atoms with E-state index in [4.69, 9.17) is 0 Å². The Kier molecular flexibility index (Phi) is 4.92. The highest BCUT2D eigenvalue weighted by molar-refractivity contribution is 5.88. The molecule has 0 aliphatic carbocycles. The summed E-state index contributed by atoms with van der Waals surface area (Å²) in [5, 5.41) is 2.73. The fourth-order valence-corrected chi connectivity index (χ4v) is 3.40. The van der Waals surface area contributed by atoms with E-state index in [1.165, 1.54) is 9.13 Å². The van der Waals surface area contributed by atoms with Gasteiger partial charge in [-0.1, -0.05) is 12.1 Å². The van der Waals surface area contributed by atoms with Crippen molar-refractivity contribution in [2.75, 3.05) is 13.1 Å². The Morgan fingerprint density at radius 3 is 2.44 bits per heavy atom. The number of piperidine rings is 1. The second kappa shape index (κ2) is 7.13. The molecule has 0 spiro atoms. The number of nitrogens with one attached hydrogen (secondary N) is 1. The minimum atomic E-state index is -0.587. The van der Waals surface area contributed by atoms with Gasteiger partial charge in [0, 0.05) is 20.1 Å². The van der Waals surface area contributed by atoms with E-state index in [-0.39, 0.29) is 24.0 Å². The first kappa shape index (κ1) is 17.3. The van der Waals surface area contributed by atoms with Crippen molar-refractivity contribution in [1.82, 2.24) is 19.4 Å². The maximum atomic E-state index is 12.4. The van der Waals surface area contributed by atoms with E-state index in [1.807, 2.05) is 24.3 Å². The largest absolute Gasteiger partial charge is 0.343 e. The van der Waals surface area contributed by atoms with Gasteiger partial charge in [0.05, 0.1) is 11.0 Å². The molecule has 25 heavy (non-hydrogen) atoms. The molecule has 1 N–H and O–H groups in total. The number of benzene rings is 1. The quantitative estimate of drug-likeness (QED) is 0.894. The number of carbonyl (C=O) groups excluding carboxylic acids is 2. The molecule has 1 fully saturated rings. The molecule has 0 radical (unpaired) electrons. The van der Waals surface area contributed by atoms with Gasteiger partial charge in [0.25, 0.3) is 0 Å². The number of amides is 2. The molecule has 1 aliphatic heterocycles. The highest BCUT2D eigenvalue weighted by Crippen LogP contribution is 2.12. The standard InChI is InChI=1S/C18H24N4O3/c1-13(17(24)21-10-6-3-7-11-21)19-16(23)12-22-15-9-5-4-8-14(15)20(2)18(22)25/h4-5,8-9,13H,3,6-7,10-12H2,1-2H3,(H,19,23)/t13-/m0/s1. The van der Waals surface area contributed by atoms with E-state index in [0.29, 0.717) is 5.52 Å². The van der Waals surface area contributed by atoms with Crippen molar-refractivity contribution in [3.05, 3.63) is 34.7 Å². The summed E-state index contributed by atoms with van der Waals surface area (Å²) in [6.07, 6.45) is 3.17. The molecule has 2 amide bonds. The lowest BCUT2D eigenvalue weighted by Crippen LogP contribution is -2.49. The predicted octanol–water partition coefficient (Wildman–Crippen LogP) is 0.857. The number of aromatic nitrogens is 2. The van der Waals surface area contributed by atoms with Gasteiger partial charge in [0.1, 0.15) is 12.6 Å². The van der Waals surface area contributed by atoms with Crippen LogP contribution >= 0.6 is 0 Å². The van der Waals surface area contributed by atoms with Gasteiger partial charge in [-0.25, -0.2) is 4.79 Å². The number of fused-ring (bicyclic) bond motifs is 1. The second-order valence-corrected chi connectivity index (χ2v) is 6.59. The first-order valence-electron chi connectivity index (χ1n) is 8.71. The molecule has 1 aromatic carbocycles. The maximum Gasteiger partial charge on any atom is 0.329 e. The first-order valence-corrected chi connectivity index (χ1v) is 8.71. The van der Waals surface area contributed by atoms with Crippen molar-refractivity contribution < 1.29 is 9.59 Å². The number of hydrogen-bond donors (Lipinski definition) is 1. The van der Waals surface area contributed by atoms with E-state index < -0.39 is 6.04 Å². The lowest BCUT2D eigenvalue weighted by atomic mass is 10.1. The van der Waals surface area contributed by atoms with Gasteiger partial charge < -0.3 is 10.2 Å². The Morgan fingerprint density at radius 2 is 1.76 bits per heavy atom. The van der Waals surface area contributed by atoms with Gasteiger partial charge in [-0.05, 0) is 38.3 Å². The van der Waals surface area contributed by atoms with Crippen molar-refractivity contribution in [3.8, 4) is 0 Å². The van der Waals surface area contributed by atoms with Crippen LogP contribution in [0.5, 0.6) is 0 Å². The van der Waals surface area contributed by atoms with E-state index in [2.05, 4.69) is 5.32 Å². The Morgan fingerprint density at radius 1 is 1.12 bits per heavy atom. The number of rotatable bonds is 4. The molecular weight excluding hydrogens is 320 g/mol. The molecule has 1 saturated heterocycles. The summed E-state index contributed by atoms with van der Waals surface area (Å²) in [7, 11) is 1.68. The van der Waals surface area contributed by atoms with Crippen LogP contribution in [0, 0.1) is 0 Å². The van der Waals surface area contributed by atoms with Crippen molar-refractivity contribution in [1.29, 1.82) is 0 Å². The van der Waals surface area contributed by atoms with E-state index in [1.54, 1.807) is 18.9 Å². The Balaban J connectivity index is 1.69. The molecule has 1 aliphatic rings. The smallest absolute Gasteiger partial charge is 0.329 e. The normalized spacial score (nSPS) is 16.0. The summed E-state index contributed by atoms with van der Waals surface area (Å²) in [6, 6.07) is 6.75. The fraction of sp³-hybridized carbons (Fsp3) is 0.500. The van der Waals surface area contributed by atoms with Gasteiger partial charge in [0.15, 0.2) is 0 Å². The van der Waals surface area contributed by atoms with Crippen molar-refractivity contribution in [2.45, 2.75) is 38.8 Å². The van der Waals surface area contributed by atoms with Crippen LogP contribution in [0.1, 0.15) is 26.2 Å². The average Bonchev–Trinajstić information content (AvgIpc) is 2.87. The van der Waals surface area contributed by atoms with Crippen LogP contribution in [0.15, 0.2) is 29.1 Å². The molecule has 2 aromatic rings. The fourth-order valence-electron chi connectivity index (χ4n) is 3.40. The van der Waals surface area contributed by atoms with Crippen LogP contribution < -0.4 is 11.0 Å². The number of carbonyl (C=O) groups is 2. The zero-order chi connectivity index (χ0) is 18.0. The third kappa shape index (κ3) is 3.45. The predicted molar refractivity (Wildman–Crippen MR) is 95.2 cm³/mol. The summed E-state index contributed by atoms with van der Waals surface area (Å²) < 4.78 is 2.95. The molecule has 2 heterocycles. The van der Waals surface area contributed by atoms with Gasteiger partial charge >= 0.3 is 5.69 Å². The molecule has 1 aromatic heterocycles. The highest BCUT2D eigenvalue weighted by atomic mass is 16.2. The number of aryl methyl sites for hydroxylation is 1. The van der Waals surface area contributed by atoms with E-state index >= 15 is 0 Å². The minimum Gasteiger partial charge on any atom is -0.343 e. The van der Waals surface area contributed by atoms with E-state index in [0.717, 1.165) is 37.9 Å². The molecular formula is C18H24N4O3. The Bertz CT molecular complexity index is 846. The van der Waals surface area contributed by atoms with Crippen LogP contribution in [0.3, 0.4) is 0 Å². The van der Waals surface area contributed by atoms with Gasteiger partial charge in [0.2, 0.25) is 11.8 Å². The molecule has 0 bridgehead atoms. The Labute approximate surface area is 146 Å². The van der Waals surface area contributed by atoms with Crippen molar-refractivity contribution in [2.24, 2.45) is 7.05 Å². The van der Waals surface area contributed by atoms with Crippen molar-refractivity contribution >= 4 is 22.8 Å². The zero-order valence-corrected chi connectivity index (χ0v) is 14.7. The lowest BCUT2D eigenvalue weighted by Gasteiger charge is -2.29. The van der Waals surface area contributed by atoms with Gasteiger partial charge in [-0.2, -0.15) is 0 Å². The first-order chi connectivity index (χ1) is 12.0. The molecule has 7 nitrogen and oxygen atoms in total. The number of nitrogens with zero attached hydrogens (tertiary/aromatic N) is 3. The van der Waals surface area contributed by atoms with Crippen molar-refractivity contribution in [3.63, 3.8) is 0 Å². The maximum absolute atomic E-state index is 12.4. The van der Waals surface area contributed by atoms with E-state index in [9.17, 15) is 14.4 Å². The molecule has 7 heteroatoms. The van der Waals surface area contributed by atoms with Crippen LogP contribution in [-0.4, -0.2) is 45.0 Å². The Hall–Kier alpha value is -2.57. The summed E-state index contributed by atoms with van der Waals surface area (Å²) in [5.74, 6) is -0.394. The minimum absolute atomic E-state index is 0.0571. The number of para-hydroxylation sites is 2. The molecule has 1 atom stereocenters. The summed E-state index contributed by atoms with van der Waals surface area (Å²) in [6.45, 7) is 3.10. The van der Waals surface area contributed by atoms with Crippen LogP contribution in [0.4, 0.5) is 0 Å². The molecule has 0 unspecified atom stereocenters. The molecule has 3 rings (SSSR count). The number of imidazole rings is 1. The molecule has 134 valence electrons. The summed E-state index contributed by atoms with van der Waals surface area (Å²) in [5.41, 5.74) is 1.24. The summed E-state index contributed by atoms with van der Waals surface area (Å²) in [4.78, 5) is 38.9. The number of hydrogen-bond acceptors (Lipinski definition) is 3. The second-order valence-electron chi connectivity index (χ2n) is 6.59. The average molecular weight is 344 g/mol.